The summed E-state index contributed by atoms with van der Waals surface area (Å²) < 4.78 is 12.7. The van der Waals surface area contributed by atoms with E-state index in [-0.39, 0.29) is 10.6 Å². The van der Waals surface area contributed by atoms with Gasteiger partial charge in [-0.25, -0.2) is 0 Å². The fourth-order valence-electron chi connectivity index (χ4n) is 4.27. The minimum Gasteiger partial charge on any atom is -0.404 e. The van der Waals surface area contributed by atoms with Crippen LogP contribution < -0.4 is 10.4 Å². The van der Waals surface area contributed by atoms with Crippen molar-refractivity contribution >= 4 is 18.7 Å². The number of hydrogen-bond donors (Lipinski definition) is 0. The maximum absolute atomic E-state index is 6.93. The van der Waals surface area contributed by atoms with Crippen LogP contribution in [0, 0.1) is 0 Å². The summed E-state index contributed by atoms with van der Waals surface area (Å²) in [4.78, 5) is 0. The Bertz CT molecular complexity index is 779. The van der Waals surface area contributed by atoms with Gasteiger partial charge in [-0.15, -0.1) is 0 Å². The van der Waals surface area contributed by atoms with Gasteiger partial charge in [0, 0.05) is 0 Å². The smallest absolute Gasteiger partial charge is 0.261 e. The molecule has 0 saturated carbocycles. The fraction of sp³-hybridized carbons (Fsp3) is 0.462. The molecule has 3 rings (SSSR count). The van der Waals surface area contributed by atoms with Crippen molar-refractivity contribution in [2.75, 3.05) is 6.61 Å². The van der Waals surface area contributed by atoms with Gasteiger partial charge in [-0.2, -0.15) is 0 Å². The second-order valence-electron chi connectivity index (χ2n) is 9.77. The van der Waals surface area contributed by atoms with Crippen molar-refractivity contribution in [1.29, 1.82) is 0 Å². The zero-order chi connectivity index (χ0) is 21.1. The number of hydrogen-bond acceptors (Lipinski definition) is 2. The molecule has 2 aromatic rings. The molecule has 1 fully saturated rings. The number of allylic oxidation sites excluding steroid dienone is 1. The van der Waals surface area contributed by atoms with Gasteiger partial charge >= 0.3 is 0 Å². The highest BCUT2D eigenvalue weighted by Gasteiger charge is 2.50. The van der Waals surface area contributed by atoms with Crippen molar-refractivity contribution in [3.05, 3.63) is 72.3 Å². The summed E-state index contributed by atoms with van der Waals surface area (Å²) in [5.41, 5.74) is 1.46. The maximum atomic E-state index is 6.93. The highest BCUT2D eigenvalue weighted by Crippen LogP contribution is 2.39. The molecule has 0 unspecified atom stereocenters. The van der Waals surface area contributed by atoms with Crippen molar-refractivity contribution in [2.24, 2.45) is 0 Å². The van der Waals surface area contributed by atoms with Gasteiger partial charge in [0.15, 0.2) is 0 Å². The van der Waals surface area contributed by atoms with Crippen molar-refractivity contribution in [1.82, 2.24) is 0 Å². The highest BCUT2D eigenvalue weighted by atomic mass is 28.4. The summed E-state index contributed by atoms with van der Waals surface area (Å²) in [6, 6.07) is 21.7. The number of epoxide rings is 1. The lowest BCUT2D eigenvalue weighted by atomic mass is 10.0. The molecule has 2 nitrogen and oxygen atoms in total. The Morgan fingerprint density at radius 1 is 1.00 bits per heavy atom. The molecule has 0 aromatic heterocycles. The van der Waals surface area contributed by atoms with Crippen LogP contribution in [0.4, 0.5) is 0 Å². The van der Waals surface area contributed by atoms with Crippen LogP contribution in [-0.2, 0) is 9.16 Å². The molecular formula is C26H36O2Si. The van der Waals surface area contributed by atoms with Crippen LogP contribution in [0.1, 0.15) is 54.4 Å². The second-order valence-corrected chi connectivity index (χ2v) is 14.1. The molecule has 3 heteroatoms. The molecule has 0 radical (unpaired) electrons. The minimum atomic E-state index is -2.44. The number of ether oxygens (including phenoxy) is 1. The first-order valence-electron chi connectivity index (χ1n) is 10.8. The third-order valence-electron chi connectivity index (χ3n) is 6.11. The maximum Gasteiger partial charge on any atom is 0.261 e. The third-order valence-corrected chi connectivity index (χ3v) is 11.1. The van der Waals surface area contributed by atoms with Gasteiger partial charge in [0.25, 0.3) is 8.32 Å². The molecule has 156 valence electrons. The van der Waals surface area contributed by atoms with E-state index in [2.05, 4.69) is 108 Å². The molecule has 1 atom stereocenters. The molecule has 0 spiro atoms. The van der Waals surface area contributed by atoms with Gasteiger partial charge in [-0.05, 0) is 49.0 Å². The summed E-state index contributed by atoms with van der Waals surface area (Å²) >= 11 is 0. The molecule has 0 amide bonds. The molecule has 0 N–H and O–H groups in total. The Labute approximate surface area is 178 Å². The SMILES string of the molecule is C/C(=C\CO[Si](c1ccccc1)(c1ccccc1)C(C)(C)C)CC[C@H]1OC1(C)C. The number of benzene rings is 2. The Morgan fingerprint density at radius 3 is 1.90 bits per heavy atom. The zero-order valence-corrected chi connectivity index (χ0v) is 19.9. The Kier molecular flexibility index (Phi) is 6.52. The largest absolute Gasteiger partial charge is 0.404 e. The van der Waals surface area contributed by atoms with Gasteiger partial charge in [-0.1, -0.05) is 93.1 Å². The summed E-state index contributed by atoms with van der Waals surface area (Å²) in [6.45, 7) is 14.2. The van der Waals surface area contributed by atoms with Crippen LogP contribution in [0.2, 0.25) is 5.04 Å². The molecule has 1 aliphatic rings. The monoisotopic (exact) mass is 408 g/mol. The van der Waals surface area contributed by atoms with E-state index >= 15 is 0 Å². The predicted octanol–water partition coefficient (Wildman–Crippen LogP) is 5.47. The van der Waals surface area contributed by atoms with Crippen molar-refractivity contribution in [3.63, 3.8) is 0 Å². The van der Waals surface area contributed by atoms with Gasteiger partial charge in [0.05, 0.1) is 18.3 Å². The first kappa shape index (κ1) is 22.0. The van der Waals surface area contributed by atoms with Crippen molar-refractivity contribution in [2.45, 2.75) is 71.1 Å². The van der Waals surface area contributed by atoms with E-state index < -0.39 is 8.32 Å². The lowest BCUT2D eigenvalue weighted by molar-refractivity contribution is 0.319. The minimum absolute atomic E-state index is 0.0172. The van der Waals surface area contributed by atoms with Gasteiger partial charge in [0.2, 0.25) is 0 Å². The van der Waals surface area contributed by atoms with Crippen LogP contribution in [0.5, 0.6) is 0 Å². The first-order valence-corrected chi connectivity index (χ1v) is 12.7. The Morgan fingerprint density at radius 2 is 1.48 bits per heavy atom. The van der Waals surface area contributed by atoms with Crippen LogP contribution in [0.15, 0.2) is 72.3 Å². The standard InChI is InChI=1S/C26H36O2Si/c1-21(17-18-24-26(5,6)28-24)19-20-27-29(25(2,3)4,22-13-9-7-10-14-22)23-15-11-8-12-16-23/h7-16,19,24H,17-18,20H2,1-6H3/b21-19+/t24-/m1/s1. The second kappa shape index (κ2) is 8.59. The van der Waals surface area contributed by atoms with E-state index in [1.54, 1.807) is 0 Å². The molecular weight excluding hydrogens is 372 g/mol. The van der Waals surface area contributed by atoms with Crippen LogP contribution in [-0.4, -0.2) is 26.6 Å². The molecule has 1 heterocycles. The zero-order valence-electron chi connectivity index (χ0n) is 18.9. The molecule has 0 aliphatic carbocycles. The Hall–Kier alpha value is -1.68. The van der Waals surface area contributed by atoms with E-state index in [1.165, 1.54) is 15.9 Å². The topological polar surface area (TPSA) is 21.8 Å². The summed E-state index contributed by atoms with van der Waals surface area (Å²) in [6.07, 6.45) is 4.84. The van der Waals surface area contributed by atoms with E-state index in [0.717, 1.165) is 12.8 Å². The van der Waals surface area contributed by atoms with Crippen molar-refractivity contribution < 1.29 is 9.16 Å². The summed E-state index contributed by atoms with van der Waals surface area (Å²) in [5.74, 6) is 0. The molecule has 1 saturated heterocycles. The summed E-state index contributed by atoms with van der Waals surface area (Å²) in [7, 11) is -2.44. The summed E-state index contributed by atoms with van der Waals surface area (Å²) in [5, 5.41) is 2.68. The molecule has 0 bridgehead atoms. The highest BCUT2D eigenvalue weighted by molar-refractivity contribution is 6.99. The van der Waals surface area contributed by atoms with Gasteiger partial charge in [0.1, 0.15) is 0 Å². The first-order chi connectivity index (χ1) is 13.7. The normalized spacial score (nSPS) is 19.2. The Balaban J connectivity index is 1.83. The third kappa shape index (κ3) is 4.91. The van der Waals surface area contributed by atoms with Crippen LogP contribution in [0.3, 0.4) is 0 Å². The lowest BCUT2D eigenvalue weighted by Gasteiger charge is -2.42. The lowest BCUT2D eigenvalue weighted by Crippen LogP contribution is -2.66. The van der Waals surface area contributed by atoms with E-state index in [1.807, 2.05) is 0 Å². The van der Waals surface area contributed by atoms with Gasteiger partial charge < -0.3 is 9.16 Å². The van der Waals surface area contributed by atoms with E-state index in [9.17, 15) is 0 Å². The number of rotatable bonds is 8. The molecule has 29 heavy (non-hydrogen) atoms. The molecule has 1 aliphatic heterocycles. The average molecular weight is 409 g/mol. The van der Waals surface area contributed by atoms with Crippen LogP contribution >= 0.6 is 0 Å². The average Bonchev–Trinajstić information content (AvgIpc) is 3.30. The van der Waals surface area contributed by atoms with E-state index in [0.29, 0.717) is 12.7 Å². The van der Waals surface area contributed by atoms with Crippen LogP contribution in [0.25, 0.3) is 0 Å². The predicted molar refractivity (Wildman–Crippen MR) is 126 cm³/mol. The van der Waals surface area contributed by atoms with E-state index in [4.69, 9.17) is 9.16 Å². The van der Waals surface area contributed by atoms with Gasteiger partial charge in [-0.3, -0.25) is 0 Å². The van der Waals surface area contributed by atoms with Crippen molar-refractivity contribution in [3.8, 4) is 0 Å². The molecule has 2 aromatic carbocycles. The fourth-order valence-corrected chi connectivity index (χ4v) is 8.76. The quantitative estimate of drug-likeness (QED) is 0.328.